The lowest BCUT2D eigenvalue weighted by Crippen LogP contribution is -2.25. The number of ether oxygens (including phenoxy) is 1. The average molecular weight is 380 g/mol. The van der Waals surface area contributed by atoms with Crippen LogP contribution in [-0.4, -0.2) is 17.8 Å². The number of aromatic hydroxyl groups is 1. The highest BCUT2D eigenvalue weighted by Gasteiger charge is 2.28. The number of rotatable bonds is 4. The van der Waals surface area contributed by atoms with Crippen LogP contribution in [0.25, 0.3) is 11.1 Å². The maximum absolute atomic E-state index is 12.2. The Morgan fingerprint density at radius 3 is 2.30 bits per heavy atom. The molecule has 0 fully saturated rings. The first-order chi connectivity index (χ1) is 13.1. The Morgan fingerprint density at radius 2 is 1.63 bits per heavy atom. The number of hydrogen-bond acceptors (Lipinski definition) is 3. The van der Waals surface area contributed by atoms with Crippen LogP contribution in [0.5, 0.6) is 5.75 Å². The second-order valence-electron chi connectivity index (χ2n) is 6.45. The SMILES string of the molecule is O=C(NCc1cc(O)ccc1Cl)OCC1c2ccccc2-c2ccccc21. The molecular weight excluding hydrogens is 362 g/mol. The normalized spacial score (nSPS) is 12.3. The van der Waals surface area contributed by atoms with E-state index in [-0.39, 0.29) is 24.8 Å². The van der Waals surface area contributed by atoms with Gasteiger partial charge in [0.2, 0.25) is 0 Å². The topological polar surface area (TPSA) is 58.6 Å². The highest BCUT2D eigenvalue weighted by Crippen LogP contribution is 2.44. The predicted octanol–water partition coefficient (Wildman–Crippen LogP) is 5.08. The molecule has 2 N–H and O–H groups in total. The molecule has 0 heterocycles. The summed E-state index contributed by atoms with van der Waals surface area (Å²) in [7, 11) is 0. The summed E-state index contributed by atoms with van der Waals surface area (Å²) in [6, 6.07) is 21.0. The first-order valence-corrected chi connectivity index (χ1v) is 9.07. The molecule has 0 bridgehead atoms. The fourth-order valence-corrected chi connectivity index (χ4v) is 3.70. The minimum absolute atomic E-state index is 0.0208. The van der Waals surface area contributed by atoms with Crippen LogP contribution in [0.15, 0.2) is 66.7 Å². The van der Waals surface area contributed by atoms with Crippen molar-refractivity contribution in [1.82, 2.24) is 5.32 Å². The van der Waals surface area contributed by atoms with Gasteiger partial charge in [-0.3, -0.25) is 0 Å². The van der Waals surface area contributed by atoms with E-state index in [2.05, 4.69) is 29.6 Å². The molecule has 0 aliphatic heterocycles. The molecule has 3 aromatic carbocycles. The van der Waals surface area contributed by atoms with Crippen LogP contribution in [0.4, 0.5) is 4.79 Å². The van der Waals surface area contributed by atoms with Gasteiger partial charge in [-0.1, -0.05) is 60.1 Å². The van der Waals surface area contributed by atoms with Gasteiger partial charge in [0.05, 0.1) is 0 Å². The Morgan fingerprint density at radius 1 is 1.00 bits per heavy atom. The van der Waals surface area contributed by atoms with E-state index < -0.39 is 6.09 Å². The Balaban J connectivity index is 1.43. The molecule has 1 aliphatic rings. The first kappa shape index (κ1) is 17.4. The zero-order chi connectivity index (χ0) is 18.8. The third-order valence-corrected chi connectivity index (χ3v) is 5.16. The number of nitrogens with one attached hydrogen (secondary N) is 1. The van der Waals surface area contributed by atoms with Crippen molar-refractivity contribution in [3.63, 3.8) is 0 Å². The first-order valence-electron chi connectivity index (χ1n) is 8.69. The third kappa shape index (κ3) is 3.49. The van der Waals surface area contributed by atoms with E-state index in [0.717, 1.165) is 0 Å². The van der Waals surface area contributed by atoms with Crippen molar-refractivity contribution in [2.75, 3.05) is 6.61 Å². The molecule has 0 unspecified atom stereocenters. The van der Waals surface area contributed by atoms with Crippen LogP contribution in [0.1, 0.15) is 22.6 Å². The zero-order valence-corrected chi connectivity index (χ0v) is 15.2. The summed E-state index contributed by atoms with van der Waals surface area (Å²) < 4.78 is 5.48. The third-order valence-electron chi connectivity index (χ3n) is 4.80. The van der Waals surface area contributed by atoms with Crippen molar-refractivity contribution in [3.05, 3.63) is 88.4 Å². The molecule has 0 spiro atoms. The van der Waals surface area contributed by atoms with Crippen LogP contribution in [0, 0.1) is 0 Å². The molecule has 4 rings (SSSR count). The highest BCUT2D eigenvalue weighted by molar-refractivity contribution is 6.31. The quantitative estimate of drug-likeness (QED) is 0.664. The number of fused-ring (bicyclic) bond motifs is 3. The molecule has 0 aromatic heterocycles. The molecule has 0 radical (unpaired) electrons. The minimum Gasteiger partial charge on any atom is -0.508 e. The number of carbonyl (C=O) groups is 1. The molecular formula is C22H18ClNO3. The zero-order valence-electron chi connectivity index (χ0n) is 14.5. The molecule has 0 atom stereocenters. The number of phenols is 1. The van der Waals surface area contributed by atoms with Gasteiger partial charge < -0.3 is 15.2 Å². The van der Waals surface area contributed by atoms with Crippen molar-refractivity contribution in [2.24, 2.45) is 0 Å². The van der Waals surface area contributed by atoms with Gasteiger partial charge in [-0.2, -0.15) is 0 Å². The van der Waals surface area contributed by atoms with Gasteiger partial charge in [-0.15, -0.1) is 0 Å². The Bertz CT molecular complexity index is 957. The number of alkyl carbamates (subject to hydrolysis) is 1. The maximum atomic E-state index is 12.2. The van der Waals surface area contributed by atoms with Crippen LogP contribution in [-0.2, 0) is 11.3 Å². The Hall–Kier alpha value is -2.98. The van der Waals surface area contributed by atoms with E-state index in [9.17, 15) is 9.90 Å². The molecule has 0 saturated carbocycles. The Kier molecular flexibility index (Phi) is 4.73. The fraction of sp³-hybridized carbons (Fsp3) is 0.136. The van der Waals surface area contributed by atoms with Crippen LogP contribution >= 0.6 is 11.6 Å². The molecule has 4 nitrogen and oxygen atoms in total. The molecule has 1 aliphatic carbocycles. The van der Waals surface area contributed by atoms with Crippen molar-refractivity contribution in [1.29, 1.82) is 0 Å². The smallest absolute Gasteiger partial charge is 0.407 e. The van der Waals surface area contributed by atoms with Crippen molar-refractivity contribution >= 4 is 17.7 Å². The molecule has 0 saturated heterocycles. The van der Waals surface area contributed by atoms with Gasteiger partial charge in [0, 0.05) is 17.5 Å². The van der Waals surface area contributed by atoms with Gasteiger partial charge in [0.15, 0.2) is 0 Å². The van der Waals surface area contributed by atoms with E-state index in [1.54, 1.807) is 6.07 Å². The van der Waals surface area contributed by atoms with Crippen molar-refractivity contribution in [3.8, 4) is 16.9 Å². The molecule has 136 valence electrons. The van der Waals surface area contributed by atoms with Crippen LogP contribution < -0.4 is 5.32 Å². The van der Waals surface area contributed by atoms with Gasteiger partial charge >= 0.3 is 6.09 Å². The summed E-state index contributed by atoms with van der Waals surface area (Å²) in [6.45, 7) is 0.442. The summed E-state index contributed by atoms with van der Waals surface area (Å²) in [6.07, 6.45) is -0.517. The van der Waals surface area contributed by atoms with E-state index in [1.165, 1.54) is 34.4 Å². The number of hydrogen-bond donors (Lipinski definition) is 2. The van der Waals surface area contributed by atoms with Gasteiger partial charge in [-0.25, -0.2) is 4.79 Å². The standard InChI is InChI=1S/C22H18ClNO3/c23-21-10-9-15(25)11-14(21)12-24-22(26)27-13-20-18-7-3-1-5-16(18)17-6-2-4-8-19(17)20/h1-11,20,25H,12-13H2,(H,24,26). The molecule has 1 amide bonds. The second kappa shape index (κ2) is 7.33. The largest absolute Gasteiger partial charge is 0.508 e. The van der Waals surface area contributed by atoms with Gasteiger partial charge in [0.25, 0.3) is 0 Å². The van der Waals surface area contributed by atoms with Crippen LogP contribution in [0.3, 0.4) is 0 Å². The van der Waals surface area contributed by atoms with Crippen LogP contribution in [0.2, 0.25) is 5.02 Å². The highest BCUT2D eigenvalue weighted by atomic mass is 35.5. The van der Waals surface area contributed by atoms with E-state index in [4.69, 9.17) is 16.3 Å². The lowest BCUT2D eigenvalue weighted by molar-refractivity contribution is 0.142. The summed E-state index contributed by atoms with van der Waals surface area (Å²) in [5.41, 5.74) is 5.34. The summed E-state index contributed by atoms with van der Waals surface area (Å²) >= 11 is 6.07. The second-order valence-corrected chi connectivity index (χ2v) is 6.86. The predicted molar refractivity (Wildman–Crippen MR) is 105 cm³/mol. The van der Waals surface area contributed by atoms with E-state index in [1.807, 2.05) is 24.3 Å². The summed E-state index contributed by atoms with van der Waals surface area (Å²) in [5, 5.41) is 12.7. The van der Waals surface area contributed by atoms with Crippen molar-refractivity contribution < 1.29 is 14.6 Å². The lowest BCUT2D eigenvalue weighted by Gasteiger charge is -2.15. The van der Waals surface area contributed by atoms with Gasteiger partial charge in [-0.05, 0) is 46.0 Å². The number of halogens is 1. The molecule has 5 heteroatoms. The summed E-state index contributed by atoms with van der Waals surface area (Å²) in [5.74, 6) is 0.122. The maximum Gasteiger partial charge on any atom is 0.407 e. The lowest BCUT2D eigenvalue weighted by atomic mass is 9.98. The number of amides is 1. The summed E-state index contributed by atoms with van der Waals surface area (Å²) in [4.78, 5) is 12.2. The number of phenolic OH excluding ortho intramolecular Hbond substituents is 1. The average Bonchev–Trinajstić information content (AvgIpc) is 3.01. The molecule has 3 aromatic rings. The van der Waals surface area contributed by atoms with Crippen molar-refractivity contribution in [2.45, 2.75) is 12.5 Å². The molecule has 27 heavy (non-hydrogen) atoms. The Labute approximate surface area is 162 Å². The van der Waals surface area contributed by atoms with Gasteiger partial charge in [0.1, 0.15) is 12.4 Å². The van der Waals surface area contributed by atoms with E-state index >= 15 is 0 Å². The van der Waals surface area contributed by atoms with E-state index in [0.29, 0.717) is 10.6 Å². The fourth-order valence-electron chi connectivity index (χ4n) is 3.51. The number of benzene rings is 3. The number of carbonyl (C=O) groups excluding carboxylic acids is 1. The monoisotopic (exact) mass is 379 g/mol. The minimum atomic E-state index is -0.517.